The first kappa shape index (κ1) is 14.5. The Balaban J connectivity index is 2.33. The average Bonchev–Trinajstić information content (AvgIpc) is 2.56. The lowest BCUT2D eigenvalue weighted by Crippen LogP contribution is -2.65. The number of hydrogen-bond donors (Lipinski definition) is 1. The number of ether oxygens (including phenoxy) is 1. The van der Waals surface area contributed by atoms with Crippen LogP contribution < -0.4 is 0 Å². The second kappa shape index (κ2) is 4.28. The van der Waals surface area contributed by atoms with Gasteiger partial charge in [0.05, 0.1) is 12.7 Å². The Morgan fingerprint density at radius 2 is 1.56 bits per heavy atom. The van der Waals surface area contributed by atoms with E-state index in [1.807, 2.05) is 0 Å². The molecule has 2 fully saturated rings. The van der Waals surface area contributed by atoms with E-state index in [-0.39, 0.29) is 22.3 Å². The van der Waals surface area contributed by atoms with Crippen LogP contribution in [0.3, 0.4) is 0 Å². The van der Waals surface area contributed by atoms with Crippen molar-refractivity contribution in [2.75, 3.05) is 13.2 Å². The van der Waals surface area contributed by atoms with E-state index < -0.39 is 14.7 Å². The largest absolute Gasteiger partial charge is 0.543 e. The summed E-state index contributed by atoms with van der Waals surface area (Å²) in [6.45, 7) is 13.9. The lowest BCUT2D eigenvalue weighted by molar-refractivity contribution is -0.0672. The monoisotopic (exact) mass is 274 g/mol. The Morgan fingerprint density at radius 3 is 2.06 bits per heavy atom. The molecule has 2 heterocycles. The average molecular weight is 274 g/mol. The first-order chi connectivity index (χ1) is 8.08. The van der Waals surface area contributed by atoms with Gasteiger partial charge >= 0.3 is 0 Å². The Morgan fingerprint density at radius 1 is 1.00 bits per heavy atom. The van der Waals surface area contributed by atoms with Gasteiger partial charge in [0.1, 0.15) is 20.8 Å². The lowest BCUT2D eigenvalue weighted by Gasteiger charge is -2.65. The summed E-state index contributed by atoms with van der Waals surface area (Å²) in [5.41, 5.74) is 0. The fourth-order valence-electron chi connectivity index (χ4n) is 3.29. The molecule has 0 aliphatic carbocycles. The minimum Gasteiger partial charge on any atom is -0.543 e. The van der Waals surface area contributed by atoms with Crippen molar-refractivity contribution < 1.29 is 18.7 Å². The van der Waals surface area contributed by atoms with Gasteiger partial charge in [0.2, 0.25) is 0 Å². The molecule has 2 aliphatic rings. The van der Waals surface area contributed by atoms with Gasteiger partial charge in [0.25, 0.3) is 0 Å². The molecule has 2 rings (SSSR count). The minimum atomic E-state index is -2.45. The van der Waals surface area contributed by atoms with Crippen LogP contribution in [-0.2, 0) is 13.6 Å². The van der Waals surface area contributed by atoms with Gasteiger partial charge in [-0.25, -0.2) is 0 Å². The van der Waals surface area contributed by atoms with Crippen molar-refractivity contribution in [1.29, 1.82) is 0 Å². The fourth-order valence-corrected chi connectivity index (χ4v) is 8.28. The molecule has 0 saturated carbocycles. The smallest absolute Gasteiger partial charge is 0.137 e. The normalized spacial score (nSPS) is 36.5. The SMILES string of the molecule is CC(C)(C)[Si-]1(C(C)(C)C)OCC2OCC(O)[C@@H]2O1. The molecule has 18 heavy (non-hydrogen) atoms. The molecular weight excluding hydrogens is 248 g/mol. The topological polar surface area (TPSA) is 47.9 Å². The number of hydrogen-bond acceptors (Lipinski definition) is 4. The van der Waals surface area contributed by atoms with Crippen LogP contribution in [0.25, 0.3) is 0 Å². The lowest BCUT2D eigenvalue weighted by atomic mass is 10.2. The molecule has 2 unspecified atom stereocenters. The van der Waals surface area contributed by atoms with Crippen LogP contribution >= 0.6 is 0 Å². The van der Waals surface area contributed by atoms with E-state index in [0.29, 0.717) is 13.2 Å². The van der Waals surface area contributed by atoms with Crippen LogP contribution in [0.15, 0.2) is 0 Å². The predicted octanol–water partition coefficient (Wildman–Crippen LogP) is 2.20. The van der Waals surface area contributed by atoms with Crippen molar-refractivity contribution in [3.63, 3.8) is 0 Å². The van der Waals surface area contributed by atoms with Crippen LogP contribution in [0, 0.1) is 0 Å². The third kappa shape index (κ3) is 2.06. The molecule has 0 aromatic heterocycles. The number of aliphatic hydroxyl groups is 1. The highest BCUT2D eigenvalue weighted by Gasteiger charge is 2.52. The molecule has 0 bridgehead atoms. The van der Waals surface area contributed by atoms with Crippen molar-refractivity contribution in [2.45, 2.75) is 69.9 Å². The Bertz CT molecular complexity index is 304. The van der Waals surface area contributed by atoms with Gasteiger partial charge in [-0.1, -0.05) is 51.6 Å². The van der Waals surface area contributed by atoms with Crippen molar-refractivity contribution in [3.05, 3.63) is 0 Å². The summed E-state index contributed by atoms with van der Waals surface area (Å²) in [7, 11) is -2.45. The zero-order chi connectivity index (χ0) is 13.8. The van der Waals surface area contributed by atoms with Gasteiger partial charge in [-0.05, 0) is 0 Å². The van der Waals surface area contributed by atoms with Crippen LogP contribution in [0.2, 0.25) is 10.1 Å². The van der Waals surface area contributed by atoms with Crippen molar-refractivity contribution in [2.24, 2.45) is 0 Å². The minimum absolute atomic E-state index is 0.0431. The van der Waals surface area contributed by atoms with Crippen LogP contribution in [0.4, 0.5) is 0 Å². The molecule has 2 saturated heterocycles. The molecule has 0 aromatic carbocycles. The highest BCUT2D eigenvalue weighted by Crippen LogP contribution is 2.54. The molecule has 0 spiro atoms. The van der Waals surface area contributed by atoms with Gasteiger partial charge in [-0.2, -0.15) is 0 Å². The van der Waals surface area contributed by atoms with Gasteiger partial charge in [-0.15, -0.1) is 0 Å². The summed E-state index contributed by atoms with van der Waals surface area (Å²) < 4.78 is 18.1. The summed E-state index contributed by atoms with van der Waals surface area (Å²) in [5, 5.41) is 9.92. The molecule has 0 aromatic rings. The highest BCUT2D eigenvalue weighted by molar-refractivity contribution is 6.73. The summed E-state index contributed by atoms with van der Waals surface area (Å²) >= 11 is 0. The second-order valence-corrected chi connectivity index (χ2v) is 12.2. The molecule has 1 N–H and O–H groups in total. The van der Waals surface area contributed by atoms with E-state index in [9.17, 15) is 5.11 Å². The van der Waals surface area contributed by atoms with E-state index in [4.69, 9.17) is 13.6 Å². The molecule has 3 atom stereocenters. The highest BCUT2D eigenvalue weighted by atomic mass is 28.4. The van der Waals surface area contributed by atoms with Crippen molar-refractivity contribution in [3.8, 4) is 0 Å². The molecule has 2 aliphatic heterocycles. The van der Waals surface area contributed by atoms with E-state index in [2.05, 4.69) is 41.5 Å². The molecule has 107 valence electrons. The molecule has 4 nitrogen and oxygen atoms in total. The quantitative estimate of drug-likeness (QED) is 0.688. The zero-order valence-corrected chi connectivity index (χ0v) is 13.3. The summed E-state index contributed by atoms with van der Waals surface area (Å²) in [4.78, 5) is 0. The zero-order valence-electron chi connectivity index (χ0n) is 12.3. The summed E-state index contributed by atoms with van der Waals surface area (Å²) in [6, 6.07) is 0. The molecule has 0 amide bonds. The van der Waals surface area contributed by atoms with E-state index in [1.54, 1.807) is 0 Å². The second-order valence-electron chi connectivity index (χ2n) is 7.45. The first-order valence-electron chi connectivity index (χ1n) is 6.70. The molecule has 5 heteroatoms. The first-order valence-corrected chi connectivity index (χ1v) is 8.51. The van der Waals surface area contributed by atoms with Crippen LogP contribution in [0.5, 0.6) is 0 Å². The number of aliphatic hydroxyl groups excluding tert-OH is 1. The maximum Gasteiger partial charge on any atom is 0.137 e. The third-order valence-electron chi connectivity index (χ3n) is 3.95. The summed E-state index contributed by atoms with van der Waals surface area (Å²) in [5.74, 6) is 0. The van der Waals surface area contributed by atoms with E-state index >= 15 is 0 Å². The molecule has 0 radical (unpaired) electrons. The van der Waals surface area contributed by atoms with Gasteiger partial charge in [0, 0.05) is 6.61 Å². The van der Waals surface area contributed by atoms with E-state index in [0.717, 1.165) is 0 Å². The van der Waals surface area contributed by atoms with Crippen LogP contribution in [0.1, 0.15) is 41.5 Å². The Hall–Kier alpha value is 0.0569. The van der Waals surface area contributed by atoms with Crippen LogP contribution in [-0.4, -0.2) is 45.2 Å². The standard InChI is InChI=1S/C13H26O4Si/c1-12(2,3)18(13(4,5)6)16-8-10-11(17-18)9(14)7-15-10/h9-11,14H,7-8H2,1-6H3/q-1/t9?,10?,11-/m0/s1. The number of rotatable bonds is 0. The molecular formula is C13H26O4Si-. The van der Waals surface area contributed by atoms with E-state index in [1.165, 1.54) is 0 Å². The third-order valence-corrected chi connectivity index (χ3v) is 9.08. The van der Waals surface area contributed by atoms with Crippen molar-refractivity contribution >= 4 is 8.56 Å². The summed E-state index contributed by atoms with van der Waals surface area (Å²) in [6.07, 6.45) is -0.843. The Labute approximate surface area is 111 Å². The Kier molecular flexibility index (Phi) is 3.44. The fraction of sp³-hybridized carbons (Fsp3) is 1.00. The van der Waals surface area contributed by atoms with Gasteiger partial charge in [-0.3, -0.25) is 0 Å². The number of fused-ring (bicyclic) bond motifs is 1. The maximum absolute atomic E-state index is 10.0. The maximum atomic E-state index is 10.0. The van der Waals surface area contributed by atoms with Gasteiger partial charge in [0.15, 0.2) is 0 Å². The van der Waals surface area contributed by atoms with Gasteiger partial charge < -0.3 is 18.7 Å². The van der Waals surface area contributed by atoms with Crippen molar-refractivity contribution in [1.82, 2.24) is 0 Å². The predicted molar refractivity (Wildman–Crippen MR) is 71.8 cm³/mol.